The lowest BCUT2D eigenvalue weighted by Gasteiger charge is -2.27. The number of fused-ring (bicyclic) bond motifs is 1. The molecule has 7 nitrogen and oxygen atoms in total. The van der Waals surface area contributed by atoms with Gasteiger partial charge in [0.1, 0.15) is 5.82 Å². The number of nitrogens with zero attached hydrogens (tertiary/aromatic N) is 3. The summed E-state index contributed by atoms with van der Waals surface area (Å²) in [5, 5.41) is 5.64. The van der Waals surface area contributed by atoms with Gasteiger partial charge in [0, 0.05) is 56.0 Å². The van der Waals surface area contributed by atoms with Gasteiger partial charge in [-0.3, -0.25) is 4.90 Å². The predicted octanol–water partition coefficient (Wildman–Crippen LogP) is 4.33. The first-order valence-corrected chi connectivity index (χ1v) is 12.0. The van der Waals surface area contributed by atoms with Gasteiger partial charge in [-0.1, -0.05) is 42.5 Å². The van der Waals surface area contributed by atoms with E-state index in [4.69, 9.17) is 9.72 Å². The summed E-state index contributed by atoms with van der Waals surface area (Å²) in [6.07, 6.45) is 7.17. The molecule has 1 unspecified atom stereocenters. The highest BCUT2D eigenvalue weighted by molar-refractivity contribution is 5.90. The minimum absolute atomic E-state index is 0.200. The minimum atomic E-state index is -0.200. The number of carbonyl (C=O) groups is 1. The van der Waals surface area contributed by atoms with E-state index in [-0.39, 0.29) is 6.03 Å². The van der Waals surface area contributed by atoms with Crippen LogP contribution in [0.25, 0.3) is 17.5 Å². The normalized spacial score (nSPS) is 17.9. The van der Waals surface area contributed by atoms with E-state index in [1.165, 1.54) is 11.1 Å². The summed E-state index contributed by atoms with van der Waals surface area (Å²) in [5.41, 5.74) is 5.47. The lowest BCUT2D eigenvalue weighted by molar-refractivity contribution is 0.0342. The van der Waals surface area contributed by atoms with Crippen molar-refractivity contribution in [2.45, 2.75) is 25.8 Å². The van der Waals surface area contributed by atoms with Crippen molar-refractivity contribution in [1.29, 1.82) is 0 Å². The molecular weight excluding hydrogens is 426 g/mol. The molecule has 1 saturated heterocycles. The molecule has 7 heteroatoms. The summed E-state index contributed by atoms with van der Waals surface area (Å²) >= 11 is 0. The van der Waals surface area contributed by atoms with Crippen molar-refractivity contribution in [2.24, 2.45) is 0 Å². The molecule has 0 spiro atoms. The van der Waals surface area contributed by atoms with Crippen LogP contribution in [0.3, 0.4) is 0 Å². The van der Waals surface area contributed by atoms with Crippen LogP contribution in [0.15, 0.2) is 60.8 Å². The number of rotatable bonds is 6. The molecule has 2 N–H and O–H groups in total. The van der Waals surface area contributed by atoms with Crippen molar-refractivity contribution in [3.05, 3.63) is 77.8 Å². The molecule has 0 bridgehead atoms. The highest BCUT2D eigenvalue weighted by Crippen LogP contribution is 2.31. The Morgan fingerprint density at radius 2 is 2.00 bits per heavy atom. The van der Waals surface area contributed by atoms with Crippen LogP contribution in [-0.4, -0.2) is 53.3 Å². The maximum atomic E-state index is 11.9. The quantitative estimate of drug-likeness (QED) is 0.578. The van der Waals surface area contributed by atoms with Crippen LogP contribution in [0, 0.1) is 0 Å². The second kappa shape index (κ2) is 10.2. The maximum Gasteiger partial charge on any atom is 0.319 e. The average Bonchev–Trinajstić information content (AvgIpc) is 3.29. The number of morpholine rings is 1. The van der Waals surface area contributed by atoms with Gasteiger partial charge in [0.25, 0.3) is 0 Å². The summed E-state index contributed by atoms with van der Waals surface area (Å²) in [6.45, 7) is 7.08. The number of imidazole rings is 1. The zero-order chi connectivity index (χ0) is 23.3. The fourth-order valence-electron chi connectivity index (χ4n) is 4.65. The van der Waals surface area contributed by atoms with E-state index in [9.17, 15) is 4.79 Å². The Bertz CT molecular complexity index is 1180. The molecule has 3 heterocycles. The van der Waals surface area contributed by atoms with Gasteiger partial charge in [0.15, 0.2) is 0 Å². The maximum absolute atomic E-state index is 11.9. The molecule has 2 aliphatic rings. The van der Waals surface area contributed by atoms with Crippen molar-refractivity contribution in [2.75, 3.05) is 38.2 Å². The number of ether oxygens (including phenoxy) is 1. The Morgan fingerprint density at radius 1 is 1.15 bits per heavy atom. The fraction of sp³-hybridized carbons (Fsp3) is 0.333. The number of urea groups is 1. The average molecular weight is 458 g/mol. The van der Waals surface area contributed by atoms with E-state index in [0.717, 1.165) is 62.0 Å². The van der Waals surface area contributed by atoms with Crippen molar-refractivity contribution < 1.29 is 9.53 Å². The van der Waals surface area contributed by atoms with E-state index in [2.05, 4.69) is 56.6 Å². The number of carbonyl (C=O) groups excluding carboxylic acids is 1. The van der Waals surface area contributed by atoms with Gasteiger partial charge in [0.2, 0.25) is 0 Å². The molecular formula is C27H31N5O2. The van der Waals surface area contributed by atoms with E-state index in [1.807, 2.05) is 37.4 Å². The highest BCUT2D eigenvalue weighted by atomic mass is 16.5. The first-order chi connectivity index (χ1) is 16.7. The predicted molar refractivity (Wildman–Crippen MR) is 135 cm³/mol. The number of aromatic nitrogens is 2. The zero-order valence-electron chi connectivity index (χ0n) is 19.5. The molecule has 2 aliphatic heterocycles. The zero-order valence-corrected chi connectivity index (χ0v) is 19.5. The van der Waals surface area contributed by atoms with Crippen LogP contribution in [0.4, 0.5) is 10.5 Å². The molecule has 1 fully saturated rings. The number of benzene rings is 2. The second-order valence-corrected chi connectivity index (χ2v) is 8.78. The van der Waals surface area contributed by atoms with E-state index >= 15 is 0 Å². The molecule has 1 aromatic heterocycles. The van der Waals surface area contributed by atoms with Crippen molar-refractivity contribution >= 4 is 17.9 Å². The largest absolute Gasteiger partial charge is 0.379 e. The molecule has 2 amide bonds. The van der Waals surface area contributed by atoms with Crippen molar-refractivity contribution in [1.82, 2.24) is 19.8 Å². The molecule has 1 atom stereocenters. The number of amides is 2. The minimum Gasteiger partial charge on any atom is -0.379 e. The summed E-state index contributed by atoms with van der Waals surface area (Å²) in [6, 6.07) is 16.6. The summed E-state index contributed by atoms with van der Waals surface area (Å²) in [5.74, 6) is 1.35. The van der Waals surface area contributed by atoms with Gasteiger partial charge >= 0.3 is 6.03 Å². The molecule has 2 aromatic carbocycles. The Balaban J connectivity index is 1.31. The Hall–Kier alpha value is -3.42. The molecule has 0 saturated carbocycles. The van der Waals surface area contributed by atoms with Crippen molar-refractivity contribution in [3.63, 3.8) is 0 Å². The molecule has 0 radical (unpaired) electrons. The molecule has 5 rings (SSSR count). The SMILES string of the molecule is CCNC(=O)Nc1cccc(-c2cnc3n2C=CC(c2cccc(CN4CCOCC4)c2)C3)c1. The molecule has 3 aromatic rings. The van der Waals surface area contributed by atoms with Crippen LogP contribution < -0.4 is 10.6 Å². The number of allylic oxidation sites excluding steroid dienone is 1. The number of hydrogen-bond donors (Lipinski definition) is 2. The first-order valence-electron chi connectivity index (χ1n) is 12.0. The molecule has 0 aliphatic carbocycles. The van der Waals surface area contributed by atoms with Gasteiger partial charge in [0.05, 0.1) is 25.1 Å². The van der Waals surface area contributed by atoms with Crippen LogP contribution >= 0.6 is 0 Å². The standard InChI is InChI=1S/C27H31N5O2/c1-2-28-27(33)30-24-8-4-7-23(16-24)25-18-29-26-17-22(9-10-32(25)26)21-6-3-5-20(15-21)19-31-11-13-34-14-12-31/h3-10,15-16,18,22H,2,11-14,17,19H2,1H3,(H2,28,30,33). The van der Waals surface area contributed by atoms with Gasteiger partial charge in [-0.15, -0.1) is 0 Å². The summed E-state index contributed by atoms with van der Waals surface area (Å²) < 4.78 is 7.63. The van der Waals surface area contributed by atoms with Gasteiger partial charge in [-0.05, 0) is 30.2 Å². The fourth-order valence-corrected chi connectivity index (χ4v) is 4.65. The second-order valence-electron chi connectivity index (χ2n) is 8.78. The van der Waals surface area contributed by atoms with E-state index in [0.29, 0.717) is 12.5 Å². The number of nitrogens with one attached hydrogen (secondary N) is 2. The van der Waals surface area contributed by atoms with Gasteiger partial charge in [-0.25, -0.2) is 9.78 Å². The highest BCUT2D eigenvalue weighted by Gasteiger charge is 2.20. The monoisotopic (exact) mass is 457 g/mol. The van der Waals surface area contributed by atoms with E-state index < -0.39 is 0 Å². The Morgan fingerprint density at radius 3 is 2.85 bits per heavy atom. The smallest absolute Gasteiger partial charge is 0.319 e. The number of hydrogen-bond acceptors (Lipinski definition) is 4. The first kappa shape index (κ1) is 22.4. The topological polar surface area (TPSA) is 71.4 Å². The number of anilines is 1. The Labute approximate surface area is 200 Å². The summed E-state index contributed by atoms with van der Waals surface area (Å²) in [4.78, 5) is 19.1. The van der Waals surface area contributed by atoms with Crippen LogP contribution in [0.5, 0.6) is 0 Å². The third kappa shape index (κ3) is 5.05. The third-order valence-electron chi connectivity index (χ3n) is 6.39. The van der Waals surface area contributed by atoms with Gasteiger partial charge in [-0.2, -0.15) is 0 Å². The van der Waals surface area contributed by atoms with Crippen LogP contribution in [0.1, 0.15) is 29.8 Å². The molecule has 34 heavy (non-hydrogen) atoms. The van der Waals surface area contributed by atoms with Crippen molar-refractivity contribution in [3.8, 4) is 11.3 Å². The van der Waals surface area contributed by atoms with Crippen LogP contribution in [-0.2, 0) is 17.7 Å². The van der Waals surface area contributed by atoms with Crippen LogP contribution in [0.2, 0.25) is 0 Å². The third-order valence-corrected chi connectivity index (χ3v) is 6.39. The lowest BCUT2D eigenvalue weighted by Crippen LogP contribution is -2.35. The lowest BCUT2D eigenvalue weighted by atomic mass is 9.92. The molecule has 176 valence electrons. The summed E-state index contributed by atoms with van der Waals surface area (Å²) in [7, 11) is 0. The van der Waals surface area contributed by atoms with E-state index in [1.54, 1.807) is 0 Å². The Kier molecular flexibility index (Phi) is 6.74. The van der Waals surface area contributed by atoms with Gasteiger partial charge < -0.3 is 19.9 Å².